The lowest BCUT2D eigenvalue weighted by molar-refractivity contribution is 0.427. The molecule has 1 aromatic rings. The third kappa shape index (κ3) is 2.59. The topological polar surface area (TPSA) is 9.23 Å². The van der Waals surface area contributed by atoms with Crippen molar-refractivity contribution in [3.63, 3.8) is 0 Å². The van der Waals surface area contributed by atoms with Gasteiger partial charge in [-0.05, 0) is 44.2 Å². The molecular formula is C10H11ClO. The third-order valence-corrected chi connectivity index (χ3v) is 1.75. The van der Waals surface area contributed by atoms with Crippen molar-refractivity contribution in [2.45, 2.75) is 13.8 Å². The Kier molecular flexibility index (Phi) is 3.18. The minimum absolute atomic E-state index is 0.723. The summed E-state index contributed by atoms with van der Waals surface area (Å²) in [5, 5.41) is 0.723. The Morgan fingerprint density at radius 3 is 2.42 bits per heavy atom. The molecule has 0 aliphatic carbocycles. The van der Waals surface area contributed by atoms with Crippen LogP contribution in [0.2, 0.25) is 5.02 Å². The molecule has 0 bridgehead atoms. The molecule has 64 valence electrons. The van der Waals surface area contributed by atoms with Gasteiger partial charge in [0, 0.05) is 5.02 Å². The maximum Gasteiger partial charge on any atom is 0.127 e. The van der Waals surface area contributed by atoms with Crippen LogP contribution in [0.4, 0.5) is 0 Å². The second-order valence-corrected chi connectivity index (χ2v) is 2.89. The van der Waals surface area contributed by atoms with Gasteiger partial charge in [0.2, 0.25) is 0 Å². The van der Waals surface area contributed by atoms with Crippen LogP contribution in [-0.4, -0.2) is 0 Å². The maximum absolute atomic E-state index is 5.71. The van der Waals surface area contributed by atoms with E-state index in [0.717, 1.165) is 16.5 Å². The third-order valence-electron chi connectivity index (χ3n) is 1.50. The molecule has 0 unspecified atom stereocenters. The summed E-state index contributed by atoms with van der Waals surface area (Å²) < 4.78 is 5.42. The zero-order valence-corrected chi connectivity index (χ0v) is 7.93. The van der Waals surface area contributed by atoms with Crippen LogP contribution in [-0.2, 0) is 0 Å². The Morgan fingerprint density at radius 1 is 1.33 bits per heavy atom. The molecule has 0 N–H and O–H groups in total. The van der Waals surface area contributed by atoms with Crippen molar-refractivity contribution < 1.29 is 4.74 Å². The SMILES string of the molecule is C/C=C(\C)Oc1ccc(Cl)cc1. The molecule has 0 saturated carbocycles. The zero-order valence-electron chi connectivity index (χ0n) is 7.17. The molecule has 0 aromatic heterocycles. The summed E-state index contributed by atoms with van der Waals surface area (Å²) in [6.45, 7) is 3.85. The summed E-state index contributed by atoms with van der Waals surface area (Å²) in [5.74, 6) is 1.70. The first-order chi connectivity index (χ1) is 5.72. The van der Waals surface area contributed by atoms with Crippen molar-refractivity contribution in [2.24, 2.45) is 0 Å². The second kappa shape index (κ2) is 4.17. The molecule has 0 spiro atoms. The van der Waals surface area contributed by atoms with Crippen molar-refractivity contribution in [3.8, 4) is 5.75 Å². The highest BCUT2D eigenvalue weighted by Crippen LogP contribution is 2.17. The molecular weight excluding hydrogens is 172 g/mol. The van der Waals surface area contributed by atoms with Gasteiger partial charge in [0.25, 0.3) is 0 Å². The first-order valence-electron chi connectivity index (χ1n) is 3.78. The van der Waals surface area contributed by atoms with E-state index in [9.17, 15) is 0 Å². The van der Waals surface area contributed by atoms with Crippen molar-refractivity contribution in [3.05, 3.63) is 41.1 Å². The molecule has 0 aliphatic rings. The van der Waals surface area contributed by atoms with Crippen molar-refractivity contribution >= 4 is 11.6 Å². The van der Waals surface area contributed by atoms with Crippen LogP contribution in [0.5, 0.6) is 5.75 Å². The molecule has 12 heavy (non-hydrogen) atoms. The number of halogens is 1. The lowest BCUT2D eigenvalue weighted by atomic mass is 10.3. The molecule has 2 heteroatoms. The summed E-state index contributed by atoms with van der Waals surface area (Å²) in [7, 11) is 0. The fraction of sp³-hybridized carbons (Fsp3) is 0.200. The normalized spacial score (nSPS) is 11.4. The van der Waals surface area contributed by atoms with E-state index in [1.807, 2.05) is 32.1 Å². The number of allylic oxidation sites excluding steroid dienone is 2. The first kappa shape index (κ1) is 9.14. The van der Waals surface area contributed by atoms with E-state index in [1.165, 1.54) is 0 Å². The van der Waals surface area contributed by atoms with Gasteiger partial charge in [-0.2, -0.15) is 0 Å². The summed E-state index contributed by atoms with van der Waals surface area (Å²) in [4.78, 5) is 0. The summed E-state index contributed by atoms with van der Waals surface area (Å²) in [6, 6.07) is 7.30. The van der Waals surface area contributed by atoms with Gasteiger partial charge in [-0.1, -0.05) is 11.6 Å². The Balaban J connectivity index is 2.71. The van der Waals surface area contributed by atoms with Gasteiger partial charge in [0.15, 0.2) is 0 Å². The standard InChI is InChI=1S/C10H11ClO/c1-3-8(2)12-10-6-4-9(11)5-7-10/h3-7H,1-2H3/b8-3+. The average Bonchev–Trinajstić information content (AvgIpc) is 2.09. The van der Waals surface area contributed by atoms with E-state index in [0.29, 0.717) is 0 Å². The van der Waals surface area contributed by atoms with Crippen LogP contribution >= 0.6 is 11.6 Å². The highest BCUT2D eigenvalue weighted by molar-refractivity contribution is 6.30. The summed E-state index contributed by atoms with van der Waals surface area (Å²) in [5.41, 5.74) is 0. The fourth-order valence-electron chi connectivity index (χ4n) is 0.747. The molecule has 1 nitrogen and oxygen atoms in total. The molecule has 0 atom stereocenters. The van der Waals surface area contributed by atoms with Gasteiger partial charge in [-0.3, -0.25) is 0 Å². The second-order valence-electron chi connectivity index (χ2n) is 2.46. The zero-order chi connectivity index (χ0) is 8.97. The van der Waals surface area contributed by atoms with E-state index in [-0.39, 0.29) is 0 Å². The van der Waals surface area contributed by atoms with Crippen molar-refractivity contribution in [2.75, 3.05) is 0 Å². The van der Waals surface area contributed by atoms with E-state index in [2.05, 4.69) is 0 Å². The molecule has 1 aromatic carbocycles. The molecule has 0 aliphatic heterocycles. The van der Waals surface area contributed by atoms with Crippen LogP contribution in [0.3, 0.4) is 0 Å². The van der Waals surface area contributed by atoms with E-state index >= 15 is 0 Å². The Bertz CT molecular complexity index is 274. The summed E-state index contributed by atoms with van der Waals surface area (Å²) >= 11 is 5.71. The number of ether oxygens (including phenoxy) is 1. The lowest BCUT2D eigenvalue weighted by Crippen LogP contribution is -1.88. The monoisotopic (exact) mass is 182 g/mol. The van der Waals surface area contributed by atoms with Gasteiger partial charge in [-0.25, -0.2) is 0 Å². The highest BCUT2D eigenvalue weighted by Gasteiger charge is 1.93. The van der Waals surface area contributed by atoms with E-state index in [4.69, 9.17) is 16.3 Å². The minimum Gasteiger partial charge on any atom is -0.462 e. The van der Waals surface area contributed by atoms with Crippen LogP contribution in [0.1, 0.15) is 13.8 Å². The van der Waals surface area contributed by atoms with Gasteiger partial charge in [0.05, 0.1) is 5.76 Å². The minimum atomic E-state index is 0.723. The maximum atomic E-state index is 5.71. The van der Waals surface area contributed by atoms with Gasteiger partial charge in [-0.15, -0.1) is 0 Å². The van der Waals surface area contributed by atoms with Crippen LogP contribution < -0.4 is 4.74 Å². The predicted molar refractivity (Wildman–Crippen MR) is 51.5 cm³/mol. The van der Waals surface area contributed by atoms with E-state index < -0.39 is 0 Å². The Labute approximate surface area is 77.6 Å². The highest BCUT2D eigenvalue weighted by atomic mass is 35.5. The smallest absolute Gasteiger partial charge is 0.127 e. The van der Waals surface area contributed by atoms with Crippen LogP contribution in [0.25, 0.3) is 0 Å². The number of hydrogen-bond acceptors (Lipinski definition) is 1. The number of rotatable bonds is 2. The number of benzene rings is 1. The van der Waals surface area contributed by atoms with Crippen molar-refractivity contribution in [1.29, 1.82) is 0 Å². The summed E-state index contributed by atoms with van der Waals surface area (Å²) in [6.07, 6.45) is 1.91. The van der Waals surface area contributed by atoms with Crippen LogP contribution in [0.15, 0.2) is 36.1 Å². The van der Waals surface area contributed by atoms with Gasteiger partial charge in [0.1, 0.15) is 5.75 Å². The average molecular weight is 183 g/mol. The van der Waals surface area contributed by atoms with Crippen LogP contribution in [0, 0.1) is 0 Å². The quantitative estimate of drug-likeness (QED) is 0.635. The van der Waals surface area contributed by atoms with Crippen molar-refractivity contribution in [1.82, 2.24) is 0 Å². The largest absolute Gasteiger partial charge is 0.462 e. The van der Waals surface area contributed by atoms with Gasteiger partial charge >= 0.3 is 0 Å². The van der Waals surface area contributed by atoms with E-state index in [1.54, 1.807) is 12.1 Å². The Hall–Kier alpha value is -0.950. The molecule has 0 amide bonds. The first-order valence-corrected chi connectivity index (χ1v) is 4.16. The molecule has 0 fully saturated rings. The molecule has 0 heterocycles. The van der Waals surface area contributed by atoms with Gasteiger partial charge < -0.3 is 4.74 Å². The number of hydrogen-bond donors (Lipinski definition) is 0. The predicted octanol–water partition coefficient (Wildman–Crippen LogP) is 3.64. The lowest BCUT2D eigenvalue weighted by Gasteiger charge is -2.04. The fourth-order valence-corrected chi connectivity index (χ4v) is 0.873. The molecule has 0 radical (unpaired) electrons. The Morgan fingerprint density at radius 2 is 1.92 bits per heavy atom. The molecule has 0 saturated heterocycles. The molecule has 1 rings (SSSR count).